The molecule has 1 aromatic rings. The fourth-order valence-corrected chi connectivity index (χ4v) is 3.12. The van der Waals surface area contributed by atoms with Gasteiger partial charge in [-0.25, -0.2) is 13.6 Å². The average molecular weight is 269 g/mol. The van der Waals surface area contributed by atoms with Crippen LogP contribution in [0.15, 0.2) is 23.1 Å². The van der Waals surface area contributed by atoms with Gasteiger partial charge in [-0.3, -0.25) is 0 Å². The van der Waals surface area contributed by atoms with E-state index in [9.17, 15) is 8.42 Å². The minimum Gasteiger partial charge on any atom is -0.396 e. The standard InChI is InChI=1S/C12H19N3O2S/c1-2-9-6-7-15(8-9)10-4-3-5-11(12(10)13)18(14,16)17/h3-5,9H,2,6-8,13H2,1H3,(H2,14,16,17). The topological polar surface area (TPSA) is 89.4 Å². The number of nitrogens with two attached hydrogens (primary N) is 2. The second kappa shape index (κ2) is 4.78. The molecular weight excluding hydrogens is 250 g/mol. The van der Waals surface area contributed by atoms with Gasteiger partial charge in [0.05, 0.1) is 11.4 Å². The molecule has 1 fully saturated rings. The Hall–Kier alpha value is -1.27. The number of hydrogen-bond acceptors (Lipinski definition) is 4. The molecule has 1 saturated heterocycles. The van der Waals surface area contributed by atoms with Crippen molar-refractivity contribution in [3.8, 4) is 0 Å². The van der Waals surface area contributed by atoms with E-state index in [-0.39, 0.29) is 10.6 Å². The van der Waals surface area contributed by atoms with E-state index in [1.54, 1.807) is 6.07 Å². The van der Waals surface area contributed by atoms with E-state index in [0.29, 0.717) is 5.92 Å². The third-order valence-corrected chi connectivity index (χ3v) is 4.52. The summed E-state index contributed by atoms with van der Waals surface area (Å²) in [6.07, 6.45) is 2.25. The van der Waals surface area contributed by atoms with Crippen LogP contribution in [0.1, 0.15) is 19.8 Å². The van der Waals surface area contributed by atoms with E-state index in [4.69, 9.17) is 10.9 Å². The lowest BCUT2D eigenvalue weighted by molar-refractivity contribution is 0.569. The second-order valence-corrected chi connectivity index (χ2v) is 6.27. The molecule has 1 atom stereocenters. The molecule has 100 valence electrons. The highest BCUT2D eigenvalue weighted by atomic mass is 32.2. The number of para-hydroxylation sites is 1. The predicted octanol–water partition coefficient (Wildman–Crippen LogP) is 1.15. The van der Waals surface area contributed by atoms with Crippen molar-refractivity contribution in [1.82, 2.24) is 0 Å². The normalized spacial score (nSPS) is 20.3. The molecule has 0 bridgehead atoms. The van der Waals surface area contributed by atoms with Gasteiger partial charge < -0.3 is 10.6 Å². The zero-order chi connectivity index (χ0) is 13.3. The summed E-state index contributed by atoms with van der Waals surface area (Å²) in [4.78, 5) is 2.15. The molecular formula is C12H19N3O2S. The number of nitrogen functional groups attached to an aromatic ring is 1. The summed E-state index contributed by atoms with van der Waals surface area (Å²) in [5.41, 5.74) is 6.97. The van der Waals surface area contributed by atoms with Crippen molar-refractivity contribution in [2.24, 2.45) is 11.1 Å². The molecule has 1 aliphatic heterocycles. The van der Waals surface area contributed by atoms with Crippen LogP contribution in [0.3, 0.4) is 0 Å². The molecule has 1 aromatic carbocycles. The van der Waals surface area contributed by atoms with Crippen LogP contribution in [-0.4, -0.2) is 21.5 Å². The fraction of sp³-hybridized carbons (Fsp3) is 0.500. The van der Waals surface area contributed by atoms with E-state index in [1.807, 2.05) is 6.07 Å². The van der Waals surface area contributed by atoms with Gasteiger partial charge in [0, 0.05) is 13.1 Å². The maximum absolute atomic E-state index is 11.4. The second-order valence-electron chi connectivity index (χ2n) is 4.74. The van der Waals surface area contributed by atoms with Gasteiger partial charge in [0.2, 0.25) is 10.0 Å². The Bertz CT molecular complexity index is 542. The van der Waals surface area contributed by atoms with Gasteiger partial charge in [-0.2, -0.15) is 0 Å². The smallest absolute Gasteiger partial charge is 0.240 e. The van der Waals surface area contributed by atoms with Gasteiger partial charge >= 0.3 is 0 Å². The highest BCUT2D eigenvalue weighted by Gasteiger charge is 2.24. The zero-order valence-electron chi connectivity index (χ0n) is 10.5. The molecule has 0 radical (unpaired) electrons. The Morgan fingerprint density at radius 2 is 2.17 bits per heavy atom. The summed E-state index contributed by atoms with van der Waals surface area (Å²) in [5.74, 6) is 0.655. The van der Waals surface area contributed by atoms with Crippen LogP contribution >= 0.6 is 0 Å². The minimum absolute atomic E-state index is 0.0138. The number of benzene rings is 1. The van der Waals surface area contributed by atoms with E-state index in [0.717, 1.165) is 31.6 Å². The van der Waals surface area contributed by atoms with E-state index < -0.39 is 10.0 Å². The summed E-state index contributed by atoms with van der Waals surface area (Å²) in [7, 11) is -3.76. The number of rotatable bonds is 3. The Labute approximate surface area is 108 Å². The highest BCUT2D eigenvalue weighted by molar-refractivity contribution is 7.89. The zero-order valence-corrected chi connectivity index (χ0v) is 11.3. The van der Waals surface area contributed by atoms with Gasteiger partial charge in [0.25, 0.3) is 0 Å². The van der Waals surface area contributed by atoms with Crippen molar-refractivity contribution in [2.45, 2.75) is 24.7 Å². The first-order valence-electron chi connectivity index (χ1n) is 6.09. The fourth-order valence-electron chi connectivity index (χ4n) is 2.44. The van der Waals surface area contributed by atoms with Crippen LogP contribution in [0.5, 0.6) is 0 Å². The molecule has 0 amide bonds. The largest absolute Gasteiger partial charge is 0.396 e. The van der Waals surface area contributed by atoms with E-state index in [2.05, 4.69) is 11.8 Å². The molecule has 2 rings (SSSR count). The third-order valence-electron chi connectivity index (χ3n) is 3.55. The predicted molar refractivity (Wildman–Crippen MR) is 72.8 cm³/mol. The minimum atomic E-state index is -3.76. The summed E-state index contributed by atoms with van der Waals surface area (Å²) in [5, 5.41) is 5.15. The number of sulfonamides is 1. The number of anilines is 2. The van der Waals surface area contributed by atoms with Gasteiger partial charge in [0.1, 0.15) is 4.90 Å². The first-order chi connectivity index (χ1) is 8.43. The summed E-state index contributed by atoms with van der Waals surface area (Å²) in [6.45, 7) is 4.00. The lowest BCUT2D eigenvalue weighted by atomic mass is 10.1. The first-order valence-corrected chi connectivity index (χ1v) is 7.64. The van der Waals surface area contributed by atoms with Gasteiger partial charge in [0.15, 0.2) is 0 Å². The monoisotopic (exact) mass is 269 g/mol. The molecule has 0 spiro atoms. The van der Waals surface area contributed by atoms with Crippen LogP contribution in [0.2, 0.25) is 0 Å². The summed E-state index contributed by atoms with van der Waals surface area (Å²) in [6, 6.07) is 4.98. The van der Waals surface area contributed by atoms with Gasteiger partial charge in [-0.15, -0.1) is 0 Å². The molecule has 5 nitrogen and oxygen atoms in total. The number of nitrogens with zero attached hydrogens (tertiary/aromatic N) is 1. The first kappa shape index (κ1) is 13.2. The third kappa shape index (κ3) is 2.44. The van der Waals surface area contributed by atoms with Crippen LogP contribution in [0.25, 0.3) is 0 Å². The summed E-state index contributed by atoms with van der Waals surface area (Å²) < 4.78 is 22.8. The van der Waals surface area contributed by atoms with Crippen molar-refractivity contribution < 1.29 is 8.42 Å². The van der Waals surface area contributed by atoms with Crippen LogP contribution in [0, 0.1) is 5.92 Å². The molecule has 1 unspecified atom stereocenters. The van der Waals surface area contributed by atoms with E-state index >= 15 is 0 Å². The Morgan fingerprint density at radius 3 is 2.72 bits per heavy atom. The molecule has 0 aliphatic carbocycles. The van der Waals surface area contributed by atoms with Crippen LogP contribution < -0.4 is 15.8 Å². The molecule has 18 heavy (non-hydrogen) atoms. The Morgan fingerprint density at radius 1 is 1.44 bits per heavy atom. The molecule has 6 heteroatoms. The van der Waals surface area contributed by atoms with Crippen molar-refractivity contribution in [3.05, 3.63) is 18.2 Å². The molecule has 4 N–H and O–H groups in total. The molecule has 0 aromatic heterocycles. The SMILES string of the molecule is CCC1CCN(c2cccc(S(N)(=O)=O)c2N)C1. The average Bonchev–Trinajstić information content (AvgIpc) is 2.76. The quantitative estimate of drug-likeness (QED) is 0.806. The highest BCUT2D eigenvalue weighted by Crippen LogP contribution is 2.33. The molecule has 1 aliphatic rings. The lowest BCUT2D eigenvalue weighted by Gasteiger charge is -2.21. The van der Waals surface area contributed by atoms with Crippen LogP contribution in [-0.2, 0) is 10.0 Å². The molecule has 0 saturated carbocycles. The molecule has 1 heterocycles. The van der Waals surface area contributed by atoms with Crippen molar-refractivity contribution in [2.75, 3.05) is 23.7 Å². The maximum Gasteiger partial charge on any atom is 0.240 e. The van der Waals surface area contributed by atoms with Gasteiger partial charge in [-0.05, 0) is 24.5 Å². The van der Waals surface area contributed by atoms with Crippen molar-refractivity contribution >= 4 is 21.4 Å². The maximum atomic E-state index is 11.4. The van der Waals surface area contributed by atoms with Gasteiger partial charge in [-0.1, -0.05) is 19.4 Å². The van der Waals surface area contributed by atoms with Crippen molar-refractivity contribution in [1.29, 1.82) is 0 Å². The van der Waals surface area contributed by atoms with Crippen LogP contribution in [0.4, 0.5) is 11.4 Å². The number of primary sulfonamides is 1. The van der Waals surface area contributed by atoms with Crippen molar-refractivity contribution in [3.63, 3.8) is 0 Å². The lowest BCUT2D eigenvalue weighted by Crippen LogP contribution is -2.22. The summed E-state index contributed by atoms with van der Waals surface area (Å²) >= 11 is 0. The Kier molecular flexibility index (Phi) is 3.49. The Balaban J connectivity index is 2.36. The van der Waals surface area contributed by atoms with E-state index in [1.165, 1.54) is 6.07 Å². The number of hydrogen-bond donors (Lipinski definition) is 2.